The Bertz CT molecular complexity index is 594. The van der Waals surface area contributed by atoms with Crippen LogP contribution in [0, 0.1) is 0 Å². The Morgan fingerprint density at radius 2 is 1.84 bits per heavy atom. The average molecular weight is 254 g/mol. The van der Waals surface area contributed by atoms with Gasteiger partial charge in [-0.25, -0.2) is 4.79 Å². The average Bonchev–Trinajstić information content (AvgIpc) is 3.07. The predicted octanol–water partition coefficient (Wildman–Crippen LogP) is 3.22. The molecule has 0 N–H and O–H groups in total. The van der Waals surface area contributed by atoms with Gasteiger partial charge in [-0.2, -0.15) is 0 Å². The minimum Gasteiger partial charge on any atom is -0.465 e. The maximum atomic E-state index is 11.8. The third kappa shape index (κ3) is 2.45. The van der Waals surface area contributed by atoms with Crippen LogP contribution in [-0.2, 0) is 16.0 Å². The largest absolute Gasteiger partial charge is 0.465 e. The van der Waals surface area contributed by atoms with E-state index in [1.807, 2.05) is 30.3 Å². The molecule has 0 atom stereocenters. The van der Waals surface area contributed by atoms with Gasteiger partial charge in [0.25, 0.3) is 0 Å². The molecule has 2 aromatic rings. The zero-order chi connectivity index (χ0) is 13.1. The lowest BCUT2D eigenvalue weighted by Crippen LogP contribution is -2.00. The molecule has 0 saturated carbocycles. The van der Waals surface area contributed by atoms with Crippen LogP contribution in [0.25, 0.3) is 5.57 Å². The molecule has 1 aliphatic heterocycles. The normalized spacial score (nSPS) is 14.8. The summed E-state index contributed by atoms with van der Waals surface area (Å²) in [5.74, 6) is 0.510. The Balaban J connectivity index is 1.81. The second-order valence-corrected chi connectivity index (χ2v) is 4.50. The van der Waals surface area contributed by atoms with Crippen molar-refractivity contribution >= 4 is 11.5 Å². The second-order valence-electron chi connectivity index (χ2n) is 4.50. The van der Waals surface area contributed by atoms with E-state index >= 15 is 0 Å². The molecule has 3 nitrogen and oxygen atoms in total. The number of carbonyl (C=O) groups is 1. The highest BCUT2D eigenvalue weighted by molar-refractivity contribution is 6.01. The molecule has 0 spiro atoms. The molecular formula is C16H14O3. The van der Waals surface area contributed by atoms with Crippen LogP contribution in [0.4, 0.5) is 0 Å². The molecule has 0 fully saturated rings. The molecule has 1 aliphatic rings. The molecule has 0 saturated heterocycles. The molecular weight excluding hydrogens is 240 g/mol. The first kappa shape index (κ1) is 11.8. The summed E-state index contributed by atoms with van der Waals surface area (Å²) in [6.45, 7) is 0.316. The molecule has 0 unspecified atom stereocenters. The van der Waals surface area contributed by atoms with Gasteiger partial charge in [-0.15, -0.1) is 0 Å². The Kier molecular flexibility index (Phi) is 3.19. The summed E-state index contributed by atoms with van der Waals surface area (Å²) >= 11 is 0. The number of hydrogen-bond acceptors (Lipinski definition) is 3. The van der Waals surface area contributed by atoms with E-state index in [0.717, 1.165) is 23.3 Å². The topological polar surface area (TPSA) is 39.4 Å². The van der Waals surface area contributed by atoms with Crippen LogP contribution in [0.3, 0.4) is 0 Å². The molecule has 3 heteroatoms. The zero-order valence-electron chi connectivity index (χ0n) is 10.5. The van der Waals surface area contributed by atoms with E-state index in [1.54, 1.807) is 6.26 Å². The molecule has 0 radical (unpaired) electrons. The van der Waals surface area contributed by atoms with Gasteiger partial charge in [-0.05, 0) is 30.5 Å². The van der Waals surface area contributed by atoms with E-state index in [1.165, 1.54) is 5.56 Å². The summed E-state index contributed by atoms with van der Waals surface area (Å²) in [7, 11) is 0. The monoisotopic (exact) mass is 254 g/mol. The lowest BCUT2D eigenvalue weighted by Gasteiger charge is -2.02. The molecule has 1 aromatic carbocycles. The third-order valence-corrected chi connectivity index (χ3v) is 3.28. The first-order valence-corrected chi connectivity index (χ1v) is 6.31. The molecule has 0 amide bonds. The van der Waals surface area contributed by atoms with Crippen molar-refractivity contribution < 1.29 is 13.9 Å². The van der Waals surface area contributed by atoms with Crippen molar-refractivity contribution in [1.82, 2.24) is 0 Å². The Morgan fingerprint density at radius 1 is 1.00 bits per heavy atom. The maximum absolute atomic E-state index is 11.8. The third-order valence-electron chi connectivity index (χ3n) is 3.28. The Morgan fingerprint density at radius 3 is 2.58 bits per heavy atom. The number of benzene rings is 1. The van der Waals surface area contributed by atoms with E-state index in [9.17, 15) is 4.79 Å². The van der Waals surface area contributed by atoms with Gasteiger partial charge in [0, 0.05) is 11.1 Å². The summed E-state index contributed by atoms with van der Waals surface area (Å²) in [4.78, 5) is 11.8. The fourth-order valence-electron chi connectivity index (χ4n) is 2.27. The van der Waals surface area contributed by atoms with Crippen LogP contribution in [0.15, 0.2) is 58.7 Å². The van der Waals surface area contributed by atoms with Crippen molar-refractivity contribution in [2.75, 3.05) is 6.61 Å². The number of esters is 1. The van der Waals surface area contributed by atoms with E-state index in [0.29, 0.717) is 13.0 Å². The highest BCUT2D eigenvalue weighted by Gasteiger charge is 2.26. The standard InChI is InChI=1S/C16H14O3/c17-16-13(9-8-12-5-2-1-3-6-12)14(11-19-16)15-7-4-10-18-15/h1-7,10H,8-9,11H2. The Hall–Kier alpha value is -2.29. The molecule has 96 valence electrons. The number of rotatable bonds is 4. The fraction of sp³-hybridized carbons (Fsp3) is 0.188. The number of aryl methyl sites for hydroxylation is 1. The molecule has 19 heavy (non-hydrogen) atoms. The van der Waals surface area contributed by atoms with E-state index in [2.05, 4.69) is 12.1 Å². The van der Waals surface area contributed by atoms with Crippen LogP contribution in [0.1, 0.15) is 17.7 Å². The fourth-order valence-corrected chi connectivity index (χ4v) is 2.27. The SMILES string of the molecule is O=C1OCC(c2ccco2)=C1CCc1ccccc1. The molecule has 3 rings (SSSR count). The number of furan rings is 1. The van der Waals surface area contributed by atoms with Gasteiger partial charge in [-0.1, -0.05) is 30.3 Å². The minimum absolute atomic E-state index is 0.220. The summed E-state index contributed by atoms with van der Waals surface area (Å²) in [6, 6.07) is 13.8. The van der Waals surface area contributed by atoms with Crippen molar-refractivity contribution in [3.63, 3.8) is 0 Å². The second kappa shape index (κ2) is 5.14. The summed E-state index contributed by atoms with van der Waals surface area (Å²) < 4.78 is 10.5. The van der Waals surface area contributed by atoms with Gasteiger partial charge in [0.2, 0.25) is 0 Å². The smallest absolute Gasteiger partial charge is 0.334 e. The van der Waals surface area contributed by atoms with Crippen molar-refractivity contribution in [3.05, 3.63) is 65.6 Å². The lowest BCUT2D eigenvalue weighted by molar-refractivity contribution is -0.136. The number of hydrogen-bond donors (Lipinski definition) is 0. The molecule has 0 bridgehead atoms. The van der Waals surface area contributed by atoms with Gasteiger partial charge in [0.1, 0.15) is 12.4 Å². The van der Waals surface area contributed by atoms with Gasteiger partial charge in [0.15, 0.2) is 0 Å². The van der Waals surface area contributed by atoms with E-state index in [-0.39, 0.29) is 5.97 Å². The number of ether oxygens (including phenoxy) is 1. The quantitative estimate of drug-likeness (QED) is 0.786. The summed E-state index contributed by atoms with van der Waals surface area (Å²) in [5.41, 5.74) is 2.83. The van der Waals surface area contributed by atoms with Crippen molar-refractivity contribution in [2.24, 2.45) is 0 Å². The van der Waals surface area contributed by atoms with Gasteiger partial charge in [-0.3, -0.25) is 0 Å². The van der Waals surface area contributed by atoms with Gasteiger partial charge >= 0.3 is 5.97 Å². The van der Waals surface area contributed by atoms with Gasteiger partial charge < -0.3 is 9.15 Å². The van der Waals surface area contributed by atoms with Crippen LogP contribution >= 0.6 is 0 Å². The first-order valence-electron chi connectivity index (χ1n) is 6.31. The zero-order valence-corrected chi connectivity index (χ0v) is 10.5. The van der Waals surface area contributed by atoms with E-state index in [4.69, 9.17) is 9.15 Å². The number of cyclic esters (lactones) is 1. The van der Waals surface area contributed by atoms with Crippen LogP contribution in [-0.4, -0.2) is 12.6 Å². The Labute approximate surface area is 111 Å². The predicted molar refractivity (Wildman–Crippen MR) is 71.4 cm³/mol. The van der Waals surface area contributed by atoms with Crippen molar-refractivity contribution in [2.45, 2.75) is 12.8 Å². The van der Waals surface area contributed by atoms with Crippen LogP contribution in [0.5, 0.6) is 0 Å². The number of carbonyl (C=O) groups excluding carboxylic acids is 1. The van der Waals surface area contributed by atoms with Gasteiger partial charge in [0.05, 0.1) is 6.26 Å². The molecule has 2 heterocycles. The minimum atomic E-state index is -0.220. The molecule has 0 aliphatic carbocycles. The van der Waals surface area contributed by atoms with Crippen molar-refractivity contribution in [1.29, 1.82) is 0 Å². The lowest BCUT2D eigenvalue weighted by atomic mass is 10.0. The summed E-state index contributed by atoms with van der Waals surface area (Å²) in [5, 5.41) is 0. The highest BCUT2D eigenvalue weighted by atomic mass is 16.5. The van der Waals surface area contributed by atoms with Crippen LogP contribution in [0.2, 0.25) is 0 Å². The van der Waals surface area contributed by atoms with Crippen molar-refractivity contribution in [3.8, 4) is 0 Å². The molecule has 1 aromatic heterocycles. The maximum Gasteiger partial charge on any atom is 0.334 e. The highest BCUT2D eigenvalue weighted by Crippen LogP contribution is 2.29. The first-order chi connectivity index (χ1) is 9.34. The summed E-state index contributed by atoms with van der Waals surface area (Å²) in [6.07, 6.45) is 3.12. The van der Waals surface area contributed by atoms with E-state index < -0.39 is 0 Å². The van der Waals surface area contributed by atoms with Crippen LogP contribution < -0.4 is 0 Å².